The van der Waals surface area contributed by atoms with Crippen molar-refractivity contribution in [3.05, 3.63) is 89.0 Å². The highest BCUT2D eigenvalue weighted by atomic mass is 19.4. The van der Waals surface area contributed by atoms with Crippen LogP contribution in [0.25, 0.3) is 0 Å². The third-order valence-electron chi connectivity index (χ3n) is 7.70. The number of Topliss-reactive ketones (excluding diaryl/α,β-unsaturated/α-hetero) is 1. The summed E-state index contributed by atoms with van der Waals surface area (Å²) in [7, 11) is 0. The Labute approximate surface area is 237 Å². The first-order chi connectivity index (χ1) is 19.9. The molecule has 9 nitrogen and oxygen atoms in total. The Morgan fingerprint density at radius 2 is 1.86 bits per heavy atom. The second kappa shape index (κ2) is 11.0. The average Bonchev–Trinajstić information content (AvgIpc) is 3.47. The molecule has 13 heteroatoms. The molecule has 0 saturated carbocycles. The van der Waals surface area contributed by atoms with Crippen molar-refractivity contribution < 1.29 is 41.5 Å². The highest BCUT2D eigenvalue weighted by Gasteiger charge is 2.54. The molecule has 1 aliphatic heterocycles. The zero-order valence-electron chi connectivity index (χ0n) is 22.4. The van der Waals surface area contributed by atoms with Crippen molar-refractivity contribution in [3.63, 3.8) is 0 Å². The fourth-order valence-electron chi connectivity index (χ4n) is 5.37. The van der Waals surface area contributed by atoms with E-state index >= 15 is 0 Å². The predicted molar refractivity (Wildman–Crippen MR) is 139 cm³/mol. The Balaban J connectivity index is 1.29. The van der Waals surface area contributed by atoms with Gasteiger partial charge in [0.1, 0.15) is 24.4 Å². The number of halogens is 4. The van der Waals surface area contributed by atoms with E-state index in [2.05, 4.69) is 10.3 Å². The Morgan fingerprint density at radius 3 is 2.52 bits per heavy atom. The molecule has 1 aromatic heterocycles. The fraction of sp³-hybridized carbons (Fsp3) is 0.345. The SMILES string of the molecule is C[C@H](N(Cc1ccc(F)cc1)C(=O)CN1C[C@]2(CCC3=C2C=CC(NC(=O)c2ccncc2)C3=O)OC1=O)C(F)(F)F. The van der Waals surface area contributed by atoms with Crippen molar-refractivity contribution in [1.82, 2.24) is 20.1 Å². The van der Waals surface area contributed by atoms with Crippen LogP contribution in [-0.2, 0) is 20.9 Å². The zero-order chi connectivity index (χ0) is 30.2. The highest BCUT2D eigenvalue weighted by Crippen LogP contribution is 2.45. The number of ketones is 1. The molecule has 3 atom stereocenters. The van der Waals surface area contributed by atoms with Gasteiger partial charge in [0, 0.05) is 35.6 Å². The Hall–Kier alpha value is -4.55. The number of hydrogen-bond donors (Lipinski definition) is 1. The number of fused-ring (bicyclic) bond motifs is 1. The molecular weight excluding hydrogens is 560 g/mol. The number of benzene rings is 1. The van der Waals surface area contributed by atoms with E-state index < -0.39 is 60.7 Å². The summed E-state index contributed by atoms with van der Waals surface area (Å²) < 4.78 is 59.9. The molecule has 1 saturated heterocycles. The van der Waals surface area contributed by atoms with Gasteiger partial charge in [0.05, 0.1) is 6.54 Å². The predicted octanol–water partition coefficient (Wildman–Crippen LogP) is 3.72. The van der Waals surface area contributed by atoms with Crippen LogP contribution >= 0.6 is 0 Å². The van der Waals surface area contributed by atoms with E-state index in [1.807, 2.05) is 0 Å². The molecule has 2 aromatic rings. The first-order valence-corrected chi connectivity index (χ1v) is 13.1. The monoisotopic (exact) mass is 586 g/mol. The molecule has 2 heterocycles. The summed E-state index contributed by atoms with van der Waals surface area (Å²) in [4.78, 5) is 57.3. The molecule has 2 aliphatic carbocycles. The van der Waals surface area contributed by atoms with Crippen LogP contribution in [0.2, 0.25) is 0 Å². The number of carbonyl (C=O) groups is 4. The standard InChI is InChI=1S/C29H26F4N4O5/c1-17(29(31,32)33)37(14-18-2-4-20(30)5-3-18)24(38)15-36-16-28(42-27(36)41)11-8-21-22(28)6-7-23(25(21)39)35-26(40)19-9-12-34-13-10-19/h2-7,9-10,12-13,17,23H,8,11,14-16H2,1H3,(H,35,40)/t17-,23?,28-/m0/s1. The lowest BCUT2D eigenvalue weighted by Crippen LogP contribution is -2.50. The van der Waals surface area contributed by atoms with Crippen molar-refractivity contribution in [2.24, 2.45) is 0 Å². The molecule has 3 amide bonds. The van der Waals surface area contributed by atoms with Crippen molar-refractivity contribution in [2.45, 2.75) is 50.2 Å². The van der Waals surface area contributed by atoms with Crippen molar-refractivity contribution in [1.29, 1.82) is 0 Å². The summed E-state index contributed by atoms with van der Waals surface area (Å²) in [6, 6.07) is 4.62. The Bertz CT molecular complexity index is 1480. The molecule has 1 unspecified atom stereocenters. The molecule has 1 fully saturated rings. The number of amides is 3. The van der Waals surface area contributed by atoms with Crippen LogP contribution in [0.4, 0.5) is 22.4 Å². The van der Waals surface area contributed by atoms with Crippen molar-refractivity contribution in [2.75, 3.05) is 13.1 Å². The minimum Gasteiger partial charge on any atom is -0.436 e. The van der Waals surface area contributed by atoms with Gasteiger partial charge in [0.25, 0.3) is 5.91 Å². The van der Waals surface area contributed by atoms with Gasteiger partial charge in [-0.3, -0.25) is 24.3 Å². The smallest absolute Gasteiger partial charge is 0.411 e. The van der Waals surface area contributed by atoms with Crippen LogP contribution in [0.3, 0.4) is 0 Å². The van der Waals surface area contributed by atoms with Gasteiger partial charge in [-0.1, -0.05) is 24.3 Å². The van der Waals surface area contributed by atoms with Crippen LogP contribution in [-0.4, -0.2) is 75.4 Å². The number of rotatable bonds is 7. The van der Waals surface area contributed by atoms with E-state index in [-0.39, 0.29) is 30.7 Å². The third kappa shape index (κ3) is 5.63. The number of carbonyl (C=O) groups excluding carboxylic acids is 4. The van der Waals surface area contributed by atoms with Crippen LogP contribution in [0, 0.1) is 5.82 Å². The summed E-state index contributed by atoms with van der Waals surface area (Å²) >= 11 is 0. The second-order valence-electron chi connectivity index (χ2n) is 10.4. The van der Waals surface area contributed by atoms with Crippen LogP contribution in [0.1, 0.15) is 35.7 Å². The second-order valence-corrected chi connectivity index (χ2v) is 10.4. The maximum absolute atomic E-state index is 13.7. The third-order valence-corrected chi connectivity index (χ3v) is 7.70. The summed E-state index contributed by atoms with van der Waals surface area (Å²) in [5.41, 5.74) is 0.172. The minimum atomic E-state index is -4.75. The number of ether oxygens (including phenoxy) is 1. The average molecular weight is 587 g/mol. The lowest BCUT2D eigenvalue weighted by atomic mass is 9.88. The fourth-order valence-corrected chi connectivity index (χ4v) is 5.37. The van der Waals surface area contributed by atoms with Gasteiger partial charge in [-0.05, 0) is 49.6 Å². The van der Waals surface area contributed by atoms with E-state index in [0.717, 1.165) is 24.0 Å². The minimum absolute atomic E-state index is 0.146. The van der Waals surface area contributed by atoms with Crippen molar-refractivity contribution in [3.8, 4) is 0 Å². The topological polar surface area (TPSA) is 109 Å². The summed E-state index contributed by atoms with van der Waals surface area (Å²) in [6.07, 6.45) is 0.829. The normalized spacial score (nSPS) is 22.3. The molecular formula is C29H26F4N4O5. The highest BCUT2D eigenvalue weighted by molar-refractivity contribution is 6.07. The molecule has 0 bridgehead atoms. The molecule has 1 N–H and O–H groups in total. The number of nitrogens with zero attached hydrogens (tertiary/aromatic N) is 3. The number of hydrogen-bond acceptors (Lipinski definition) is 6. The molecule has 1 spiro atoms. The summed E-state index contributed by atoms with van der Waals surface area (Å²) in [5, 5.41) is 2.66. The number of aromatic nitrogens is 1. The summed E-state index contributed by atoms with van der Waals surface area (Å²) in [5.74, 6) is -2.37. The lowest BCUT2D eigenvalue weighted by molar-refractivity contribution is -0.187. The summed E-state index contributed by atoms with van der Waals surface area (Å²) in [6.45, 7) is -0.450. The number of pyridine rings is 1. The molecule has 5 rings (SSSR count). The van der Waals surface area contributed by atoms with Gasteiger partial charge >= 0.3 is 12.3 Å². The van der Waals surface area contributed by atoms with E-state index in [9.17, 15) is 36.7 Å². The molecule has 220 valence electrons. The van der Waals surface area contributed by atoms with Gasteiger partial charge in [-0.15, -0.1) is 0 Å². The van der Waals surface area contributed by atoms with Gasteiger partial charge in [0.2, 0.25) is 5.91 Å². The van der Waals surface area contributed by atoms with E-state index in [4.69, 9.17) is 4.74 Å². The van der Waals surface area contributed by atoms with Crippen LogP contribution in [0.15, 0.2) is 72.1 Å². The van der Waals surface area contributed by atoms with E-state index in [1.165, 1.54) is 42.7 Å². The molecule has 42 heavy (non-hydrogen) atoms. The lowest BCUT2D eigenvalue weighted by Gasteiger charge is -2.32. The van der Waals surface area contributed by atoms with Gasteiger partial charge in [-0.25, -0.2) is 9.18 Å². The Kier molecular flexibility index (Phi) is 7.60. The molecule has 0 radical (unpaired) electrons. The largest absolute Gasteiger partial charge is 0.436 e. The number of alkyl halides is 3. The van der Waals surface area contributed by atoms with Gasteiger partial charge in [0.15, 0.2) is 11.4 Å². The van der Waals surface area contributed by atoms with Crippen LogP contribution < -0.4 is 5.32 Å². The first-order valence-electron chi connectivity index (χ1n) is 13.1. The number of nitrogens with one attached hydrogen (secondary N) is 1. The Morgan fingerprint density at radius 1 is 1.17 bits per heavy atom. The van der Waals surface area contributed by atoms with Gasteiger partial charge < -0.3 is 15.0 Å². The quantitative estimate of drug-likeness (QED) is 0.496. The maximum atomic E-state index is 13.7. The maximum Gasteiger partial charge on any atom is 0.411 e. The van der Waals surface area contributed by atoms with E-state index in [1.54, 1.807) is 6.08 Å². The van der Waals surface area contributed by atoms with E-state index in [0.29, 0.717) is 21.6 Å². The van der Waals surface area contributed by atoms with Crippen molar-refractivity contribution >= 4 is 23.7 Å². The molecule has 1 aromatic carbocycles. The first kappa shape index (κ1) is 29.0. The van der Waals surface area contributed by atoms with Gasteiger partial charge in [-0.2, -0.15) is 13.2 Å². The molecule has 3 aliphatic rings. The zero-order valence-corrected chi connectivity index (χ0v) is 22.4. The van der Waals surface area contributed by atoms with Crippen LogP contribution in [0.5, 0.6) is 0 Å².